The summed E-state index contributed by atoms with van der Waals surface area (Å²) < 4.78 is 55.7. The van der Waals surface area contributed by atoms with Crippen LogP contribution in [0.2, 0.25) is 0 Å². The van der Waals surface area contributed by atoms with Crippen LogP contribution in [0.5, 0.6) is 5.75 Å². The molecule has 0 spiro atoms. The largest absolute Gasteiger partial charge is 0.493 e. The van der Waals surface area contributed by atoms with Crippen molar-refractivity contribution < 1.29 is 36.5 Å². The second kappa shape index (κ2) is 10.9. The minimum atomic E-state index is -5.20. The van der Waals surface area contributed by atoms with Crippen LogP contribution in [0.4, 0.5) is 13.2 Å². The molecule has 37 heavy (non-hydrogen) atoms. The third kappa shape index (κ3) is 6.65. The molecule has 0 saturated heterocycles. The average molecular weight is 535 g/mol. The van der Waals surface area contributed by atoms with E-state index in [0.29, 0.717) is 30.1 Å². The minimum Gasteiger partial charge on any atom is -0.489 e. The van der Waals surface area contributed by atoms with E-state index >= 15 is 0 Å². The van der Waals surface area contributed by atoms with Gasteiger partial charge in [0.1, 0.15) is 12.4 Å². The lowest BCUT2D eigenvalue weighted by molar-refractivity contribution is -0.207. The fourth-order valence-corrected chi connectivity index (χ4v) is 5.86. The van der Waals surface area contributed by atoms with Gasteiger partial charge in [-0.1, -0.05) is 24.6 Å². The number of nitrogens with one attached hydrogen (secondary N) is 1. The molecule has 1 aromatic heterocycles. The number of rotatable bonds is 8. The van der Waals surface area contributed by atoms with Crippen LogP contribution in [0.25, 0.3) is 10.9 Å². The van der Waals surface area contributed by atoms with Crippen molar-refractivity contribution in [2.24, 2.45) is 5.41 Å². The molecule has 1 unspecified atom stereocenters. The Labute approximate surface area is 213 Å². The Hall–Kier alpha value is -3.47. The molecule has 1 fully saturated rings. The zero-order valence-electron chi connectivity index (χ0n) is 20.0. The van der Waals surface area contributed by atoms with Crippen LogP contribution in [0.15, 0.2) is 59.5 Å². The normalized spacial score (nSPS) is 15.5. The fraction of sp³-hybridized carbons (Fsp3) is 0.346. The number of benzene rings is 2. The summed E-state index contributed by atoms with van der Waals surface area (Å²) in [5, 5.41) is 1.01. The molecule has 1 atom stereocenters. The molecular formula is C26H25F3N2O5S. The van der Waals surface area contributed by atoms with Crippen molar-refractivity contribution in [1.82, 2.24) is 10.5 Å². The van der Waals surface area contributed by atoms with Crippen molar-refractivity contribution >= 4 is 33.6 Å². The lowest BCUT2D eigenvalue weighted by Gasteiger charge is -2.41. The van der Waals surface area contributed by atoms with E-state index in [9.17, 15) is 27.0 Å². The number of aryl methyl sites for hydroxylation is 1. The number of carbonyl (C=O) groups excluding carboxylic acids is 2. The van der Waals surface area contributed by atoms with Crippen LogP contribution in [0.3, 0.4) is 0 Å². The van der Waals surface area contributed by atoms with Gasteiger partial charge < -0.3 is 9.57 Å². The van der Waals surface area contributed by atoms with Crippen molar-refractivity contribution in [2.45, 2.75) is 50.3 Å². The number of fused-ring (bicyclic) bond motifs is 1. The maximum Gasteiger partial charge on any atom is 0.493 e. The Morgan fingerprint density at radius 2 is 1.81 bits per heavy atom. The Morgan fingerprint density at radius 3 is 2.46 bits per heavy atom. The van der Waals surface area contributed by atoms with Gasteiger partial charge in [-0.15, -0.1) is 0 Å². The Bertz CT molecular complexity index is 1320. The van der Waals surface area contributed by atoms with Gasteiger partial charge in [-0.3, -0.25) is 14.0 Å². The quantitative estimate of drug-likeness (QED) is 0.412. The van der Waals surface area contributed by atoms with Crippen molar-refractivity contribution in [3.05, 3.63) is 65.9 Å². The molecule has 3 aromatic rings. The Balaban J connectivity index is 1.33. The number of ether oxygens (including phenoxy) is 1. The first-order valence-electron chi connectivity index (χ1n) is 11.6. The van der Waals surface area contributed by atoms with Gasteiger partial charge in [0.25, 0.3) is 5.91 Å². The predicted octanol–water partition coefficient (Wildman–Crippen LogP) is 4.93. The minimum absolute atomic E-state index is 0.163. The highest BCUT2D eigenvalue weighted by Crippen LogP contribution is 2.45. The van der Waals surface area contributed by atoms with Gasteiger partial charge in [0, 0.05) is 33.7 Å². The van der Waals surface area contributed by atoms with Crippen LogP contribution in [0.1, 0.15) is 36.9 Å². The van der Waals surface area contributed by atoms with Gasteiger partial charge in [-0.2, -0.15) is 18.7 Å². The van der Waals surface area contributed by atoms with Gasteiger partial charge in [0.05, 0.1) is 16.3 Å². The number of aromatic nitrogens is 1. The number of carbonyl (C=O) groups is 2. The van der Waals surface area contributed by atoms with E-state index in [0.717, 1.165) is 28.6 Å². The maximum absolute atomic E-state index is 13.0. The summed E-state index contributed by atoms with van der Waals surface area (Å²) in [5.74, 6) is -2.60. The fourth-order valence-electron chi connectivity index (χ4n) is 4.31. The van der Waals surface area contributed by atoms with E-state index in [-0.39, 0.29) is 12.2 Å². The van der Waals surface area contributed by atoms with Crippen LogP contribution < -0.4 is 10.2 Å². The molecule has 1 N–H and O–H groups in total. The molecule has 2 aromatic carbocycles. The number of hydrogen-bond donors (Lipinski definition) is 1. The summed E-state index contributed by atoms with van der Waals surface area (Å²) in [6.45, 7) is 2.26. The summed E-state index contributed by atoms with van der Waals surface area (Å²) >= 11 is 0. The molecule has 7 nitrogen and oxygen atoms in total. The monoisotopic (exact) mass is 534 g/mol. The van der Waals surface area contributed by atoms with Gasteiger partial charge in [-0.25, -0.2) is 4.79 Å². The SMILES string of the molecule is Cc1cc(COc2ccc(S(=O)CC3(CC(=O)NOC(=O)C(F)(F)F)CCC3)cc2)c2ccccc2n1. The summed E-state index contributed by atoms with van der Waals surface area (Å²) in [4.78, 5) is 31.7. The Morgan fingerprint density at radius 1 is 1.11 bits per heavy atom. The van der Waals surface area contributed by atoms with Gasteiger partial charge in [0.2, 0.25) is 0 Å². The number of alkyl halides is 3. The lowest BCUT2D eigenvalue weighted by atomic mass is 9.68. The third-order valence-corrected chi connectivity index (χ3v) is 7.96. The van der Waals surface area contributed by atoms with Crippen molar-refractivity contribution in [2.75, 3.05) is 5.75 Å². The molecule has 11 heteroatoms. The average Bonchev–Trinajstić information content (AvgIpc) is 2.84. The van der Waals surface area contributed by atoms with E-state index in [4.69, 9.17) is 4.74 Å². The van der Waals surface area contributed by atoms with Crippen molar-refractivity contribution in [1.29, 1.82) is 0 Å². The first kappa shape index (κ1) is 26.6. The number of pyridine rings is 1. The molecular weight excluding hydrogens is 509 g/mol. The molecule has 196 valence electrons. The summed E-state index contributed by atoms with van der Waals surface area (Å²) in [6.07, 6.45) is -3.39. The van der Waals surface area contributed by atoms with E-state index in [2.05, 4.69) is 9.82 Å². The predicted molar refractivity (Wildman–Crippen MR) is 130 cm³/mol. The molecule has 1 aliphatic rings. The van der Waals surface area contributed by atoms with Crippen LogP contribution in [-0.2, 0) is 31.8 Å². The molecule has 1 amide bonds. The zero-order valence-corrected chi connectivity index (χ0v) is 20.8. The molecule has 1 aliphatic carbocycles. The molecule has 0 radical (unpaired) electrons. The van der Waals surface area contributed by atoms with E-state index in [1.54, 1.807) is 29.7 Å². The highest BCUT2D eigenvalue weighted by atomic mass is 32.2. The van der Waals surface area contributed by atoms with E-state index in [1.165, 1.54) is 0 Å². The van der Waals surface area contributed by atoms with Crippen LogP contribution in [-0.4, -0.2) is 33.0 Å². The summed E-state index contributed by atoms with van der Waals surface area (Å²) in [7, 11) is -1.45. The van der Waals surface area contributed by atoms with Crippen LogP contribution in [0, 0.1) is 12.3 Å². The number of amides is 1. The highest BCUT2D eigenvalue weighted by molar-refractivity contribution is 7.85. The summed E-state index contributed by atoms with van der Waals surface area (Å²) in [6, 6.07) is 16.6. The third-order valence-electron chi connectivity index (χ3n) is 6.29. The van der Waals surface area contributed by atoms with Gasteiger partial charge in [-0.05, 0) is 61.6 Å². The first-order valence-corrected chi connectivity index (χ1v) is 12.9. The maximum atomic E-state index is 13.0. The standard InChI is InChI=1S/C26H25F3N2O5S/c1-17-13-18(21-5-2-3-6-22(21)30-17)15-35-19-7-9-20(10-8-19)37(34)16-25(11-4-12-25)14-23(32)31-36-24(33)26(27,28)29/h2-3,5-10,13H,4,11-12,14-16H2,1H3,(H,31,32). The Kier molecular flexibility index (Phi) is 7.82. The second-order valence-corrected chi connectivity index (χ2v) is 10.6. The molecule has 1 saturated carbocycles. The number of hydroxylamine groups is 1. The molecule has 0 bridgehead atoms. The highest BCUT2D eigenvalue weighted by Gasteiger charge is 2.43. The first-order chi connectivity index (χ1) is 17.5. The number of halogens is 3. The van der Waals surface area contributed by atoms with Gasteiger partial charge >= 0.3 is 12.1 Å². The molecule has 1 heterocycles. The lowest BCUT2D eigenvalue weighted by Crippen LogP contribution is -2.42. The van der Waals surface area contributed by atoms with E-state index in [1.807, 2.05) is 37.3 Å². The smallest absolute Gasteiger partial charge is 0.489 e. The molecule has 0 aliphatic heterocycles. The van der Waals surface area contributed by atoms with Crippen molar-refractivity contribution in [3.63, 3.8) is 0 Å². The summed E-state index contributed by atoms with van der Waals surface area (Å²) in [5.41, 5.74) is 3.70. The topological polar surface area (TPSA) is 94.6 Å². The van der Waals surface area contributed by atoms with Crippen LogP contribution >= 0.6 is 0 Å². The number of para-hydroxylation sites is 1. The molecule has 4 rings (SSSR count). The van der Waals surface area contributed by atoms with Crippen molar-refractivity contribution in [3.8, 4) is 5.75 Å². The number of nitrogens with zero attached hydrogens (tertiary/aromatic N) is 1. The van der Waals surface area contributed by atoms with E-state index < -0.39 is 34.3 Å². The van der Waals surface area contributed by atoms with Gasteiger partial charge in [0.15, 0.2) is 0 Å². The second-order valence-electron chi connectivity index (χ2n) is 9.13. The zero-order chi connectivity index (χ0) is 26.6. The number of hydrogen-bond acceptors (Lipinski definition) is 6.